The first-order valence-corrected chi connectivity index (χ1v) is 7.81. The van der Waals surface area contributed by atoms with Crippen LogP contribution in [0.1, 0.15) is 5.56 Å². The molecule has 8 nitrogen and oxygen atoms in total. The van der Waals surface area contributed by atoms with Crippen LogP contribution in [0.4, 0.5) is 5.69 Å². The molecule has 0 aliphatic carbocycles. The zero-order chi connectivity index (χ0) is 15.8. The number of aliphatic hydroxyl groups excluding tert-OH is 1. The van der Waals surface area contributed by atoms with Gasteiger partial charge in [0.05, 0.1) is 22.0 Å². The number of aliphatic hydroxyl groups is 1. The molecule has 0 unspecified atom stereocenters. The van der Waals surface area contributed by atoms with Crippen LogP contribution in [0.5, 0.6) is 0 Å². The summed E-state index contributed by atoms with van der Waals surface area (Å²) in [6.07, 6.45) is -0.801. The normalized spacial score (nSPS) is 22.7. The van der Waals surface area contributed by atoms with Crippen molar-refractivity contribution in [2.24, 2.45) is 0 Å². The number of nitro groups is 1. The highest BCUT2D eigenvalue weighted by Gasteiger charge is 2.36. The van der Waals surface area contributed by atoms with E-state index in [0.29, 0.717) is 18.7 Å². The van der Waals surface area contributed by atoms with E-state index in [1.165, 1.54) is 19.2 Å². The fraction of sp³-hybridized carbons (Fsp3) is 0.500. The highest BCUT2D eigenvalue weighted by Crippen LogP contribution is 2.25. The standard InChI is InChI=1S/C12H17N3O5S/c1-8-3-4-9(5-10(8)15(17)18)21(19,20)14(2)11-6-13-7-12(11)16/h3-5,11-13,16H,6-7H2,1-2H3/t11-,12-/m0/s1. The van der Waals surface area contributed by atoms with Crippen molar-refractivity contribution in [1.29, 1.82) is 0 Å². The number of nitrogens with zero attached hydrogens (tertiary/aromatic N) is 2. The van der Waals surface area contributed by atoms with Crippen molar-refractivity contribution in [3.05, 3.63) is 33.9 Å². The lowest BCUT2D eigenvalue weighted by Crippen LogP contribution is -2.44. The molecule has 0 spiro atoms. The molecule has 1 saturated heterocycles. The SMILES string of the molecule is Cc1ccc(S(=O)(=O)N(C)[C@H]2CNC[C@@H]2O)cc1[N+](=O)[O-]. The summed E-state index contributed by atoms with van der Waals surface area (Å²) in [4.78, 5) is 10.2. The Morgan fingerprint density at radius 1 is 1.43 bits per heavy atom. The number of sulfonamides is 1. The lowest BCUT2D eigenvalue weighted by molar-refractivity contribution is -0.385. The summed E-state index contributed by atoms with van der Waals surface area (Å²) in [7, 11) is -2.54. The van der Waals surface area contributed by atoms with Crippen LogP contribution < -0.4 is 5.32 Å². The van der Waals surface area contributed by atoms with Crippen molar-refractivity contribution in [1.82, 2.24) is 9.62 Å². The number of hydrogen-bond acceptors (Lipinski definition) is 6. The first-order chi connectivity index (χ1) is 9.75. The van der Waals surface area contributed by atoms with Crippen molar-refractivity contribution in [3.8, 4) is 0 Å². The molecular weight excluding hydrogens is 298 g/mol. The predicted molar refractivity (Wildman–Crippen MR) is 75.4 cm³/mol. The van der Waals surface area contributed by atoms with E-state index in [4.69, 9.17) is 0 Å². The maximum Gasteiger partial charge on any atom is 0.273 e. The van der Waals surface area contributed by atoms with E-state index < -0.39 is 27.1 Å². The lowest BCUT2D eigenvalue weighted by atomic mass is 10.2. The molecule has 1 aliphatic heterocycles. The molecule has 116 valence electrons. The van der Waals surface area contributed by atoms with Crippen LogP contribution in [0.15, 0.2) is 23.1 Å². The molecule has 0 amide bonds. The Balaban J connectivity index is 2.39. The lowest BCUT2D eigenvalue weighted by Gasteiger charge is -2.25. The van der Waals surface area contributed by atoms with Crippen molar-refractivity contribution >= 4 is 15.7 Å². The van der Waals surface area contributed by atoms with Crippen molar-refractivity contribution in [2.45, 2.75) is 24.0 Å². The van der Waals surface area contributed by atoms with E-state index in [-0.39, 0.29) is 10.6 Å². The molecule has 0 radical (unpaired) electrons. The number of aryl methyl sites for hydroxylation is 1. The second kappa shape index (κ2) is 5.68. The Morgan fingerprint density at radius 3 is 2.62 bits per heavy atom. The smallest absolute Gasteiger partial charge is 0.273 e. The van der Waals surface area contributed by atoms with Gasteiger partial charge in [0.15, 0.2) is 0 Å². The Bertz CT molecular complexity index is 661. The second-order valence-corrected chi connectivity index (χ2v) is 7.02. The molecule has 0 bridgehead atoms. The van der Waals surface area contributed by atoms with Gasteiger partial charge in [-0.05, 0) is 13.0 Å². The molecule has 21 heavy (non-hydrogen) atoms. The van der Waals surface area contributed by atoms with E-state index >= 15 is 0 Å². The molecule has 0 saturated carbocycles. The van der Waals surface area contributed by atoms with Gasteiger partial charge in [0.25, 0.3) is 5.69 Å². The molecule has 1 aliphatic rings. The number of rotatable bonds is 4. The van der Waals surface area contributed by atoms with Crippen LogP contribution in [-0.4, -0.2) is 55.0 Å². The summed E-state index contributed by atoms with van der Waals surface area (Å²) in [5.74, 6) is 0. The van der Waals surface area contributed by atoms with Crippen molar-refractivity contribution in [3.63, 3.8) is 0 Å². The summed E-state index contributed by atoms with van der Waals surface area (Å²) >= 11 is 0. The minimum absolute atomic E-state index is 0.151. The molecule has 2 N–H and O–H groups in total. The minimum atomic E-state index is -3.90. The third kappa shape index (κ3) is 2.91. The molecule has 1 aromatic carbocycles. The van der Waals surface area contributed by atoms with Gasteiger partial charge >= 0.3 is 0 Å². The summed E-state index contributed by atoms with van der Waals surface area (Å²) in [6.45, 7) is 2.20. The van der Waals surface area contributed by atoms with E-state index in [1.54, 1.807) is 6.92 Å². The average Bonchev–Trinajstić information content (AvgIpc) is 2.83. The average molecular weight is 315 g/mol. The third-order valence-corrected chi connectivity index (χ3v) is 5.55. The summed E-state index contributed by atoms with van der Waals surface area (Å²) in [5.41, 5.74) is 0.152. The van der Waals surface area contributed by atoms with Gasteiger partial charge < -0.3 is 10.4 Å². The molecule has 9 heteroatoms. The fourth-order valence-corrected chi connectivity index (χ4v) is 3.72. The Kier molecular flexibility index (Phi) is 4.28. The number of hydrogen-bond donors (Lipinski definition) is 2. The van der Waals surface area contributed by atoms with Gasteiger partial charge in [0.2, 0.25) is 10.0 Å². The number of likely N-dealkylation sites (N-methyl/N-ethyl adjacent to an activating group) is 1. The molecule has 1 aromatic rings. The molecule has 1 heterocycles. The second-order valence-electron chi connectivity index (χ2n) is 5.02. The quantitative estimate of drug-likeness (QED) is 0.590. The zero-order valence-corrected chi connectivity index (χ0v) is 12.5. The Labute approximate surface area is 122 Å². The van der Waals surface area contributed by atoms with Gasteiger partial charge in [-0.3, -0.25) is 10.1 Å². The largest absolute Gasteiger partial charge is 0.390 e. The van der Waals surface area contributed by atoms with E-state index in [2.05, 4.69) is 5.32 Å². The number of nitro benzene ring substituents is 1. The molecule has 1 fully saturated rings. The first-order valence-electron chi connectivity index (χ1n) is 6.37. The summed E-state index contributed by atoms with van der Waals surface area (Å²) in [5, 5.41) is 23.6. The van der Waals surface area contributed by atoms with Gasteiger partial charge in [0, 0.05) is 31.8 Å². The summed E-state index contributed by atoms with van der Waals surface area (Å²) < 4.78 is 26.1. The molecule has 2 rings (SSSR count). The highest BCUT2D eigenvalue weighted by atomic mass is 32.2. The Morgan fingerprint density at radius 2 is 2.10 bits per heavy atom. The monoisotopic (exact) mass is 315 g/mol. The van der Waals surface area contributed by atoms with Crippen LogP contribution in [-0.2, 0) is 10.0 Å². The van der Waals surface area contributed by atoms with Crippen LogP contribution in [0.25, 0.3) is 0 Å². The van der Waals surface area contributed by atoms with Crippen LogP contribution in [0.2, 0.25) is 0 Å². The van der Waals surface area contributed by atoms with Gasteiger partial charge in [-0.2, -0.15) is 4.31 Å². The number of nitrogens with one attached hydrogen (secondary N) is 1. The van der Waals surface area contributed by atoms with Gasteiger partial charge in [-0.15, -0.1) is 0 Å². The third-order valence-electron chi connectivity index (χ3n) is 3.67. The van der Waals surface area contributed by atoms with Crippen molar-refractivity contribution in [2.75, 3.05) is 20.1 Å². The predicted octanol–water partition coefficient (Wildman–Crippen LogP) is -0.144. The van der Waals surface area contributed by atoms with Crippen LogP contribution in [0.3, 0.4) is 0 Å². The zero-order valence-electron chi connectivity index (χ0n) is 11.7. The van der Waals surface area contributed by atoms with E-state index in [1.807, 2.05) is 0 Å². The minimum Gasteiger partial charge on any atom is -0.390 e. The maximum atomic E-state index is 12.5. The number of β-amino-alcohol motifs (C(OH)–C–C–N with tert-alkyl or cyclic N) is 1. The van der Waals surface area contributed by atoms with Gasteiger partial charge in [-0.25, -0.2) is 8.42 Å². The van der Waals surface area contributed by atoms with E-state index in [9.17, 15) is 23.6 Å². The molecule has 0 aromatic heterocycles. The van der Waals surface area contributed by atoms with Gasteiger partial charge in [-0.1, -0.05) is 6.07 Å². The Hall–Kier alpha value is -1.55. The van der Waals surface area contributed by atoms with Crippen LogP contribution >= 0.6 is 0 Å². The van der Waals surface area contributed by atoms with Crippen LogP contribution in [0, 0.1) is 17.0 Å². The fourth-order valence-electron chi connectivity index (χ4n) is 2.31. The summed E-state index contributed by atoms with van der Waals surface area (Å²) in [6, 6.07) is 3.21. The maximum absolute atomic E-state index is 12.5. The van der Waals surface area contributed by atoms with Crippen molar-refractivity contribution < 1.29 is 18.4 Å². The molecular formula is C12H17N3O5S. The first kappa shape index (κ1) is 15.8. The van der Waals surface area contributed by atoms with Gasteiger partial charge in [0.1, 0.15) is 0 Å². The number of benzene rings is 1. The topological polar surface area (TPSA) is 113 Å². The van der Waals surface area contributed by atoms with E-state index in [0.717, 1.165) is 10.4 Å². The molecule has 2 atom stereocenters. The highest BCUT2D eigenvalue weighted by molar-refractivity contribution is 7.89.